The van der Waals surface area contributed by atoms with Gasteiger partial charge in [0.2, 0.25) is 0 Å². The molecule has 0 fully saturated rings. The van der Waals surface area contributed by atoms with Crippen molar-refractivity contribution in [2.45, 2.75) is 6.54 Å². The van der Waals surface area contributed by atoms with Gasteiger partial charge in [0.15, 0.2) is 0 Å². The lowest BCUT2D eigenvalue weighted by molar-refractivity contribution is 0.0784. The van der Waals surface area contributed by atoms with Gasteiger partial charge in [-0.3, -0.25) is 4.79 Å². The van der Waals surface area contributed by atoms with E-state index < -0.39 is 0 Å². The van der Waals surface area contributed by atoms with Crippen LogP contribution in [0, 0.1) is 0 Å². The Bertz CT molecular complexity index is 658. The van der Waals surface area contributed by atoms with Gasteiger partial charge in [-0.2, -0.15) is 0 Å². The molecule has 1 amide bonds. The maximum Gasteiger partial charge on any atom is 0.254 e. The molecule has 0 saturated heterocycles. The average Bonchev–Trinajstić information content (AvgIpc) is 2.49. The number of nitrogen functional groups attached to an aromatic ring is 1. The number of benzene rings is 2. The smallest absolute Gasteiger partial charge is 0.254 e. The van der Waals surface area contributed by atoms with Crippen LogP contribution in [0.4, 0.5) is 5.69 Å². The van der Waals surface area contributed by atoms with E-state index in [2.05, 4.69) is 15.9 Å². The average molecular weight is 349 g/mol. The molecule has 4 nitrogen and oxygen atoms in total. The first kappa shape index (κ1) is 15.4. The second-order valence-electron chi connectivity index (χ2n) is 4.71. The Balaban J connectivity index is 2.18. The summed E-state index contributed by atoms with van der Waals surface area (Å²) in [5.74, 6) is 0.430. The van der Waals surface area contributed by atoms with Crippen molar-refractivity contribution in [3.05, 3.63) is 58.1 Å². The van der Waals surface area contributed by atoms with E-state index in [9.17, 15) is 4.79 Å². The molecule has 0 aromatic heterocycles. The van der Waals surface area contributed by atoms with Crippen molar-refractivity contribution < 1.29 is 9.53 Å². The van der Waals surface area contributed by atoms with Crippen LogP contribution in [-0.2, 0) is 6.54 Å². The number of hydrogen-bond donors (Lipinski definition) is 1. The molecule has 0 bridgehead atoms. The minimum atomic E-state index is -0.0796. The van der Waals surface area contributed by atoms with Gasteiger partial charge in [0.25, 0.3) is 5.91 Å². The van der Waals surface area contributed by atoms with Crippen molar-refractivity contribution in [2.75, 3.05) is 19.9 Å². The van der Waals surface area contributed by atoms with Crippen LogP contribution in [0.1, 0.15) is 15.9 Å². The van der Waals surface area contributed by atoms with Crippen LogP contribution in [0.5, 0.6) is 5.75 Å². The van der Waals surface area contributed by atoms with Gasteiger partial charge in [-0.25, -0.2) is 0 Å². The van der Waals surface area contributed by atoms with E-state index in [4.69, 9.17) is 10.5 Å². The highest BCUT2D eigenvalue weighted by Gasteiger charge is 2.14. The van der Waals surface area contributed by atoms with Gasteiger partial charge >= 0.3 is 0 Å². The van der Waals surface area contributed by atoms with Crippen molar-refractivity contribution in [1.82, 2.24) is 4.90 Å². The van der Waals surface area contributed by atoms with Crippen molar-refractivity contribution in [2.24, 2.45) is 0 Å². The highest BCUT2D eigenvalue weighted by Crippen LogP contribution is 2.23. The highest BCUT2D eigenvalue weighted by atomic mass is 79.9. The molecule has 2 aromatic rings. The van der Waals surface area contributed by atoms with E-state index >= 15 is 0 Å². The molecule has 0 aliphatic rings. The molecule has 5 heteroatoms. The second kappa shape index (κ2) is 6.63. The van der Waals surface area contributed by atoms with E-state index in [0.717, 1.165) is 10.0 Å². The molecule has 2 rings (SSSR count). The van der Waals surface area contributed by atoms with Gasteiger partial charge in [-0.1, -0.05) is 34.1 Å². The molecule has 0 radical (unpaired) electrons. The molecule has 110 valence electrons. The summed E-state index contributed by atoms with van der Waals surface area (Å²) in [6.45, 7) is 0.521. The van der Waals surface area contributed by atoms with Gasteiger partial charge in [0.1, 0.15) is 5.75 Å². The number of carbonyl (C=O) groups excluding carboxylic acids is 1. The number of carbonyl (C=O) groups is 1. The van der Waals surface area contributed by atoms with E-state index in [1.165, 1.54) is 7.11 Å². The molecule has 0 aliphatic heterocycles. The first-order valence-electron chi connectivity index (χ1n) is 6.45. The topological polar surface area (TPSA) is 55.6 Å². The minimum Gasteiger partial charge on any atom is -0.495 e. The zero-order valence-corrected chi connectivity index (χ0v) is 13.6. The fraction of sp³-hybridized carbons (Fsp3) is 0.188. The number of methoxy groups -OCH3 is 1. The fourth-order valence-corrected chi connectivity index (χ4v) is 2.43. The SMILES string of the molecule is COc1cc(C(=O)N(C)Cc2ccccc2Br)ccc1N. The van der Waals surface area contributed by atoms with E-state index in [0.29, 0.717) is 23.5 Å². The Morgan fingerprint density at radius 1 is 1.29 bits per heavy atom. The number of hydrogen-bond acceptors (Lipinski definition) is 3. The minimum absolute atomic E-state index is 0.0796. The van der Waals surface area contributed by atoms with Crippen molar-refractivity contribution in [3.63, 3.8) is 0 Å². The van der Waals surface area contributed by atoms with Crippen molar-refractivity contribution in [3.8, 4) is 5.75 Å². The third-order valence-corrected chi connectivity index (χ3v) is 3.97. The van der Waals surface area contributed by atoms with Crippen LogP contribution in [-0.4, -0.2) is 25.0 Å². The molecule has 2 N–H and O–H groups in total. The molecular weight excluding hydrogens is 332 g/mol. The number of halogens is 1. The molecule has 2 aromatic carbocycles. The van der Waals surface area contributed by atoms with Crippen LogP contribution < -0.4 is 10.5 Å². The largest absolute Gasteiger partial charge is 0.495 e. The molecule has 21 heavy (non-hydrogen) atoms. The number of anilines is 1. The Hall–Kier alpha value is -2.01. The molecular formula is C16H17BrN2O2. The summed E-state index contributed by atoms with van der Waals surface area (Å²) >= 11 is 3.49. The summed E-state index contributed by atoms with van der Waals surface area (Å²) in [7, 11) is 3.30. The highest BCUT2D eigenvalue weighted by molar-refractivity contribution is 9.10. The predicted molar refractivity (Wildman–Crippen MR) is 87.3 cm³/mol. The molecule has 0 unspecified atom stereocenters. The monoisotopic (exact) mass is 348 g/mol. The van der Waals surface area contributed by atoms with E-state index in [-0.39, 0.29) is 5.91 Å². The standard InChI is InChI=1S/C16H17BrN2O2/c1-19(10-12-5-3-4-6-13(12)17)16(20)11-7-8-14(18)15(9-11)21-2/h3-9H,10,18H2,1-2H3. The first-order valence-corrected chi connectivity index (χ1v) is 7.24. The number of rotatable bonds is 4. The van der Waals surface area contributed by atoms with Crippen LogP contribution in [0.2, 0.25) is 0 Å². The van der Waals surface area contributed by atoms with Crippen LogP contribution >= 0.6 is 15.9 Å². The summed E-state index contributed by atoms with van der Waals surface area (Å²) in [5, 5.41) is 0. The fourth-order valence-electron chi connectivity index (χ4n) is 2.02. The Labute approximate surface area is 132 Å². The number of nitrogens with two attached hydrogens (primary N) is 1. The zero-order chi connectivity index (χ0) is 15.4. The van der Waals surface area contributed by atoms with Crippen molar-refractivity contribution in [1.29, 1.82) is 0 Å². The number of ether oxygens (including phenoxy) is 1. The van der Waals surface area contributed by atoms with Crippen LogP contribution in [0.3, 0.4) is 0 Å². The van der Waals surface area contributed by atoms with Crippen LogP contribution in [0.25, 0.3) is 0 Å². The summed E-state index contributed by atoms with van der Waals surface area (Å²) in [6, 6.07) is 12.9. The summed E-state index contributed by atoms with van der Waals surface area (Å²) in [5.41, 5.74) is 7.88. The third-order valence-electron chi connectivity index (χ3n) is 3.19. The van der Waals surface area contributed by atoms with E-state index in [1.54, 1.807) is 30.1 Å². The van der Waals surface area contributed by atoms with Crippen molar-refractivity contribution >= 4 is 27.5 Å². The lowest BCUT2D eigenvalue weighted by Gasteiger charge is -2.18. The maximum atomic E-state index is 12.5. The first-order chi connectivity index (χ1) is 10.0. The maximum absolute atomic E-state index is 12.5. The number of amides is 1. The molecule has 0 aliphatic carbocycles. The number of nitrogens with zero attached hydrogens (tertiary/aromatic N) is 1. The van der Waals surface area contributed by atoms with Gasteiger partial charge in [0, 0.05) is 23.6 Å². The summed E-state index contributed by atoms with van der Waals surface area (Å²) in [6.07, 6.45) is 0. The van der Waals surface area contributed by atoms with Gasteiger partial charge in [-0.15, -0.1) is 0 Å². The Kier molecular flexibility index (Phi) is 4.85. The second-order valence-corrected chi connectivity index (χ2v) is 5.56. The normalized spacial score (nSPS) is 10.2. The quantitative estimate of drug-likeness (QED) is 0.862. The predicted octanol–water partition coefficient (Wildman–Crippen LogP) is 3.31. The van der Waals surface area contributed by atoms with Gasteiger partial charge in [0.05, 0.1) is 12.8 Å². The van der Waals surface area contributed by atoms with E-state index in [1.807, 2.05) is 24.3 Å². The van der Waals surface area contributed by atoms with Gasteiger partial charge < -0.3 is 15.4 Å². The molecule has 0 atom stereocenters. The van der Waals surface area contributed by atoms with Crippen LogP contribution in [0.15, 0.2) is 46.9 Å². The lowest BCUT2D eigenvalue weighted by Crippen LogP contribution is -2.26. The summed E-state index contributed by atoms with van der Waals surface area (Å²) in [4.78, 5) is 14.1. The Morgan fingerprint density at radius 3 is 2.67 bits per heavy atom. The molecule has 0 spiro atoms. The molecule has 0 heterocycles. The Morgan fingerprint density at radius 2 is 2.00 bits per heavy atom. The van der Waals surface area contributed by atoms with Gasteiger partial charge in [-0.05, 0) is 29.8 Å². The zero-order valence-electron chi connectivity index (χ0n) is 12.0. The molecule has 0 saturated carbocycles. The lowest BCUT2D eigenvalue weighted by atomic mass is 10.1. The summed E-state index contributed by atoms with van der Waals surface area (Å²) < 4.78 is 6.14. The third kappa shape index (κ3) is 3.55.